The van der Waals surface area contributed by atoms with E-state index in [-0.39, 0.29) is 0 Å². The van der Waals surface area contributed by atoms with Gasteiger partial charge in [-0.3, -0.25) is 0 Å². The van der Waals surface area contributed by atoms with Gasteiger partial charge >= 0.3 is 12.3 Å². The molecule has 1 heterocycles. The van der Waals surface area contributed by atoms with Crippen molar-refractivity contribution in [2.24, 2.45) is 0 Å². The first kappa shape index (κ1) is 15.4. The lowest BCUT2D eigenvalue weighted by molar-refractivity contribution is -0.144. The number of piperazine rings is 1. The molecule has 0 spiro atoms. The lowest BCUT2D eigenvalue weighted by atomic mass is 10.2. The Balaban J connectivity index is 1.91. The topological polar surface area (TPSA) is 47.6 Å². The lowest BCUT2D eigenvalue weighted by Crippen LogP contribution is -2.44. The largest absolute Gasteiger partial charge is 0.485 e. The molecule has 0 radical (unpaired) electrons. The molecule has 0 unspecified atom stereocenters. The number of carbonyl (C=O) groups is 1. The summed E-state index contributed by atoms with van der Waals surface area (Å²) in [5.74, 6) is 0. The van der Waals surface area contributed by atoms with E-state index in [9.17, 15) is 18.0 Å². The number of hydrogen-bond acceptors (Lipinski definition) is 3. The number of carbonyl (C=O) groups excluding carboxylic acids is 1. The molecular weight excluding hydrogens is 285 g/mol. The van der Waals surface area contributed by atoms with Crippen molar-refractivity contribution in [3.8, 4) is 0 Å². The summed E-state index contributed by atoms with van der Waals surface area (Å²) in [5, 5.41) is 3.02. The molecule has 0 aliphatic carbocycles. The Hall–Kier alpha value is -1.96. The van der Waals surface area contributed by atoms with Crippen molar-refractivity contribution < 1.29 is 18.0 Å². The number of halogens is 3. The van der Waals surface area contributed by atoms with Crippen molar-refractivity contribution in [1.82, 2.24) is 10.2 Å². The van der Waals surface area contributed by atoms with E-state index in [0.717, 1.165) is 37.2 Å². The fourth-order valence-corrected chi connectivity index (χ4v) is 2.11. The van der Waals surface area contributed by atoms with E-state index in [4.69, 9.17) is 0 Å². The van der Waals surface area contributed by atoms with E-state index in [1.54, 1.807) is 24.3 Å². The van der Waals surface area contributed by atoms with Crippen LogP contribution in [0.15, 0.2) is 24.3 Å². The molecule has 0 atom stereocenters. The van der Waals surface area contributed by atoms with Crippen molar-refractivity contribution in [2.45, 2.75) is 6.30 Å². The summed E-state index contributed by atoms with van der Waals surface area (Å²) in [7, 11) is 2.06. The summed E-state index contributed by atoms with van der Waals surface area (Å²) in [6.07, 6.45) is -4.73. The van der Waals surface area contributed by atoms with Gasteiger partial charge in [-0.05, 0) is 31.3 Å². The van der Waals surface area contributed by atoms with Crippen LogP contribution in [0, 0.1) is 0 Å². The number of likely N-dealkylation sites (N-methyl/N-ethyl adjacent to an activating group) is 1. The van der Waals surface area contributed by atoms with Crippen molar-refractivity contribution >= 4 is 17.4 Å². The maximum atomic E-state index is 12.0. The van der Waals surface area contributed by atoms with Crippen molar-refractivity contribution in [1.29, 1.82) is 0 Å². The number of nitrogens with zero attached hydrogens (tertiary/aromatic N) is 2. The predicted octanol–water partition coefficient (Wildman–Crippen LogP) is 2.08. The van der Waals surface area contributed by atoms with Crippen LogP contribution in [0.4, 0.5) is 29.3 Å². The highest BCUT2D eigenvalue weighted by atomic mass is 19.4. The van der Waals surface area contributed by atoms with Gasteiger partial charge in [0.25, 0.3) is 0 Å². The standard InChI is InChI=1S/C13H17F3N4O/c1-19-6-8-20(9-7-19)11-4-2-10(3-5-11)17-12(21)18-13(14,15)16/h2-5H,6-9H2,1H3,(H2,17,18,21). The molecule has 1 aromatic rings. The highest BCUT2D eigenvalue weighted by molar-refractivity contribution is 5.89. The minimum absolute atomic E-state index is 0.314. The van der Waals surface area contributed by atoms with Crippen LogP contribution >= 0.6 is 0 Å². The summed E-state index contributed by atoms with van der Waals surface area (Å²) in [6, 6.07) is 5.45. The third kappa shape index (κ3) is 4.82. The van der Waals surface area contributed by atoms with Gasteiger partial charge in [0.15, 0.2) is 0 Å². The first-order chi connectivity index (χ1) is 9.83. The van der Waals surface area contributed by atoms with Crippen LogP contribution < -0.4 is 15.5 Å². The maximum Gasteiger partial charge on any atom is 0.485 e. The monoisotopic (exact) mass is 302 g/mol. The lowest BCUT2D eigenvalue weighted by Gasteiger charge is -2.34. The highest BCUT2D eigenvalue weighted by Crippen LogP contribution is 2.19. The van der Waals surface area contributed by atoms with Gasteiger partial charge in [-0.15, -0.1) is 0 Å². The van der Waals surface area contributed by atoms with Gasteiger partial charge in [-0.1, -0.05) is 0 Å². The number of nitrogens with one attached hydrogen (secondary N) is 2. The smallest absolute Gasteiger partial charge is 0.369 e. The molecular formula is C13H17F3N4O. The van der Waals surface area contributed by atoms with Gasteiger partial charge in [-0.2, -0.15) is 13.2 Å². The van der Waals surface area contributed by atoms with Crippen molar-refractivity contribution in [2.75, 3.05) is 43.4 Å². The minimum Gasteiger partial charge on any atom is -0.369 e. The molecule has 21 heavy (non-hydrogen) atoms. The summed E-state index contributed by atoms with van der Waals surface area (Å²) in [6.45, 7) is 3.73. The Kier molecular flexibility index (Phi) is 4.56. The number of amides is 2. The molecule has 2 N–H and O–H groups in total. The summed E-state index contributed by atoms with van der Waals surface area (Å²) < 4.78 is 35.9. The Morgan fingerprint density at radius 1 is 1.10 bits per heavy atom. The second-order valence-corrected chi connectivity index (χ2v) is 4.91. The second kappa shape index (κ2) is 6.21. The van der Waals surface area contributed by atoms with Gasteiger partial charge in [0, 0.05) is 37.6 Å². The molecule has 1 saturated heterocycles. The van der Waals surface area contributed by atoms with Crippen LogP contribution in [0.2, 0.25) is 0 Å². The molecule has 5 nitrogen and oxygen atoms in total. The SMILES string of the molecule is CN1CCN(c2ccc(NC(=O)NC(F)(F)F)cc2)CC1. The maximum absolute atomic E-state index is 12.0. The number of urea groups is 1. The molecule has 0 aromatic heterocycles. The second-order valence-electron chi connectivity index (χ2n) is 4.91. The quantitative estimate of drug-likeness (QED) is 0.822. The van der Waals surface area contributed by atoms with Crippen LogP contribution in [0.3, 0.4) is 0 Å². The van der Waals surface area contributed by atoms with E-state index in [0.29, 0.717) is 5.69 Å². The minimum atomic E-state index is -4.73. The molecule has 1 fully saturated rings. The average molecular weight is 302 g/mol. The molecule has 0 bridgehead atoms. The molecule has 2 amide bonds. The molecule has 116 valence electrons. The van der Waals surface area contributed by atoms with Crippen LogP contribution in [0.25, 0.3) is 0 Å². The zero-order valence-corrected chi connectivity index (χ0v) is 11.6. The highest BCUT2D eigenvalue weighted by Gasteiger charge is 2.30. The van der Waals surface area contributed by atoms with Crippen LogP contribution in [0.1, 0.15) is 0 Å². The van der Waals surface area contributed by atoms with Gasteiger partial charge in [0.1, 0.15) is 0 Å². The Labute approximate surface area is 120 Å². The van der Waals surface area contributed by atoms with Crippen molar-refractivity contribution in [3.05, 3.63) is 24.3 Å². The van der Waals surface area contributed by atoms with Crippen LogP contribution in [-0.2, 0) is 0 Å². The number of rotatable bonds is 2. The van der Waals surface area contributed by atoms with E-state index in [1.165, 1.54) is 0 Å². The van der Waals surface area contributed by atoms with Gasteiger partial charge in [0.05, 0.1) is 0 Å². The number of benzene rings is 1. The van der Waals surface area contributed by atoms with E-state index in [1.807, 2.05) is 0 Å². The molecule has 0 saturated carbocycles. The first-order valence-corrected chi connectivity index (χ1v) is 6.53. The molecule has 1 aliphatic heterocycles. The van der Waals surface area contributed by atoms with Crippen LogP contribution in [0.5, 0.6) is 0 Å². The van der Waals surface area contributed by atoms with Gasteiger partial charge in [0.2, 0.25) is 0 Å². The van der Waals surface area contributed by atoms with Crippen molar-refractivity contribution in [3.63, 3.8) is 0 Å². The fraction of sp³-hybridized carbons (Fsp3) is 0.462. The third-order valence-electron chi connectivity index (χ3n) is 3.25. The van der Waals surface area contributed by atoms with Crippen LogP contribution in [-0.4, -0.2) is 50.5 Å². The normalized spacial score (nSPS) is 16.7. The van der Waals surface area contributed by atoms with E-state index < -0.39 is 12.3 Å². The van der Waals surface area contributed by atoms with E-state index >= 15 is 0 Å². The molecule has 1 aromatic carbocycles. The zero-order chi connectivity index (χ0) is 15.5. The number of anilines is 2. The predicted molar refractivity (Wildman–Crippen MR) is 74.4 cm³/mol. The Morgan fingerprint density at radius 3 is 2.19 bits per heavy atom. The Morgan fingerprint density at radius 2 is 1.67 bits per heavy atom. The first-order valence-electron chi connectivity index (χ1n) is 6.53. The number of hydrogen-bond donors (Lipinski definition) is 2. The van der Waals surface area contributed by atoms with Gasteiger partial charge < -0.3 is 15.1 Å². The molecule has 8 heteroatoms. The summed E-state index contributed by atoms with van der Waals surface area (Å²) >= 11 is 0. The zero-order valence-electron chi connectivity index (χ0n) is 11.6. The van der Waals surface area contributed by atoms with Gasteiger partial charge in [-0.25, -0.2) is 10.1 Å². The third-order valence-corrected chi connectivity index (χ3v) is 3.25. The van der Waals surface area contributed by atoms with E-state index in [2.05, 4.69) is 22.2 Å². The fourth-order valence-electron chi connectivity index (χ4n) is 2.11. The average Bonchev–Trinajstić information content (AvgIpc) is 2.38. The number of alkyl halides is 3. The summed E-state index contributed by atoms with van der Waals surface area (Å²) in [5.41, 5.74) is 1.31. The molecule has 1 aliphatic rings. The molecule has 2 rings (SSSR count). The summed E-state index contributed by atoms with van der Waals surface area (Å²) in [4.78, 5) is 15.5. The Bertz CT molecular complexity index is 481.